The molecular weight excluding hydrogens is 236 g/mol. The number of ether oxygens (including phenoxy) is 1. The lowest BCUT2D eigenvalue weighted by Crippen LogP contribution is -1.94. The summed E-state index contributed by atoms with van der Waals surface area (Å²) in [5, 5.41) is 9.43. The molecule has 0 aromatic heterocycles. The van der Waals surface area contributed by atoms with Gasteiger partial charge in [0.25, 0.3) is 0 Å². The fraction of sp³-hybridized carbons (Fsp3) is 0.222. The molecule has 1 aromatic rings. The SMILES string of the molecule is Cc1c(Br)c(O)cc2c1COC2=O. The van der Waals surface area contributed by atoms with Crippen LogP contribution >= 0.6 is 15.9 Å². The molecule has 68 valence electrons. The summed E-state index contributed by atoms with van der Waals surface area (Å²) in [4.78, 5) is 11.1. The third-order valence-corrected chi connectivity index (χ3v) is 3.18. The van der Waals surface area contributed by atoms with Crippen molar-refractivity contribution in [1.29, 1.82) is 0 Å². The Morgan fingerprint density at radius 1 is 1.62 bits per heavy atom. The summed E-state index contributed by atoms with van der Waals surface area (Å²) in [6.45, 7) is 2.14. The van der Waals surface area contributed by atoms with Crippen LogP contribution < -0.4 is 0 Å². The number of aromatic hydroxyl groups is 1. The minimum absolute atomic E-state index is 0.0788. The highest BCUT2D eigenvalue weighted by Crippen LogP contribution is 2.35. The van der Waals surface area contributed by atoms with Crippen molar-refractivity contribution in [2.45, 2.75) is 13.5 Å². The van der Waals surface area contributed by atoms with Crippen molar-refractivity contribution in [1.82, 2.24) is 0 Å². The van der Waals surface area contributed by atoms with Gasteiger partial charge in [0.05, 0.1) is 10.0 Å². The van der Waals surface area contributed by atoms with Crippen molar-refractivity contribution >= 4 is 21.9 Å². The van der Waals surface area contributed by atoms with E-state index in [1.807, 2.05) is 6.92 Å². The Balaban J connectivity index is 2.74. The van der Waals surface area contributed by atoms with E-state index in [1.54, 1.807) is 0 Å². The predicted molar refractivity (Wildman–Crippen MR) is 49.7 cm³/mol. The van der Waals surface area contributed by atoms with Crippen molar-refractivity contribution < 1.29 is 14.6 Å². The van der Waals surface area contributed by atoms with Crippen LogP contribution in [-0.4, -0.2) is 11.1 Å². The Morgan fingerprint density at radius 2 is 2.31 bits per heavy atom. The van der Waals surface area contributed by atoms with Crippen molar-refractivity contribution in [3.05, 3.63) is 27.2 Å². The maximum absolute atomic E-state index is 11.1. The van der Waals surface area contributed by atoms with Gasteiger partial charge in [-0.05, 0) is 34.5 Å². The summed E-state index contributed by atoms with van der Waals surface area (Å²) < 4.78 is 5.47. The molecule has 2 rings (SSSR count). The first kappa shape index (κ1) is 8.56. The van der Waals surface area contributed by atoms with Gasteiger partial charge in [0.15, 0.2) is 0 Å². The van der Waals surface area contributed by atoms with Gasteiger partial charge in [-0.25, -0.2) is 4.79 Å². The molecular formula is C9H7BrO3. The molecule has 0 unspecified atom stereocenters. The Bertz CT molecular complexity index is 398. The number of fused-ring (bicyclic) bond motifs is 1. The van der Waals surface area contributed by atoms with E-state index in [4.69, 9.17) is 4.74 Å². The van der Waals surface area contributed by atoms with Crippen LogP contribution in [-0.2, 0) is 11.3 Å². The maximum Gasteiger partial charge on any atom is 0.339 e. The summed E-state index contributed by atoms with van der Waals surface area (Å²) in [7, 11) is 0. The molecule has 0 spiro atoms. The third kappa shape index (κ3) is 1.13. The number of carbonyl (C=O) groups is 1. The molecule has 3 nitrogen and oxygen atoms in total. The van der Waals surface area contributed by atoms with Gasteiger partial charge >= 0.3 is 5.97 Å². The van der Waals surface area contributed by atoms with Crippen molar-refractivity contribution in [2.75, 3.05) is 0 Å². The molecule has 1 aliphatic rings. The molecule has 0 fully saturated rings. The zero-order chi connectivity index (χ0) is 9.59. The Kier molecular flexibility index (Phi) is 1.80. The molecule has 0 amide bonds. The summed E-state index contributed by atoms with van der Waals surface area (Å²) in [6.07, 6.45) is 0. The van der Waals surface area contributed by atoms with E-state index in [1.165, 1.54) is 6.07 Å². The molecule has 0 radical (unpaired) electrons. The Hall–Kier alpha value is -1.03. The number of cyclic esters (lactones) is 1. The number of rotatable bonds is 0. The van der Waals surface area contributed by atoms with Gasteiger partial charge in [-0.3, -0.25) is 0 Å². The second-order valence-electron chi connectivity index (χ2n) is 2.94. The van der Waals surface area contributed by atoms with Crippen LogP contribution in [0.1, 0.15) is 21.5 Å². The number of benzene rings is 1. The number of hydrogen-bond acceptors (Lipinski definition) is 3. The van der Waals surface area contributed by atoms with Crippen LogP contribution in [0.5, 0.6) is 5.75 Å². The number of hydrogen-bond donors (Lipinski definition) is 1. The van der Waals surface area contributed by atoms with Crippen LogP contribution in [0.25, 0.3) is 0 Å². The average Bonchev–Trinajstić information content (AvgIpc) is 2.45. The third-order valence-electron chi connectivity index (χ3n) is 2.18. The number of phenolic OH excluding ortho intramolecular Hbond substituents is 1. The van der Waals surface area contributed by atoms with Gasteiger partial charge in [-0.2, -0.15) is 0 Å². The van der Waals surface area contributed by atoms with Gasteiger partial charge in [0.1, 0.15) is 12.4 Å². The van der Waals surface area contributed by atoms with Crippen LogP contribution in [0.4, 0.5) is 0 Å². The molecule has 4 heteroatoms. The van der Waals surface area contributed by atoms with E-state index in [0.29, 0.717) is 16.6 Å². The second-order valence-corrected chi connectivity index (χ2v) is 3.73. The maximum atomic E-state index is 11.1. The highest BCUT2D eigenvalue weighted by Gasteiger charge is 2.25. The van der Waals surface area contributed by atoms with E-state index in [-0.39, 0.29) is 11.7 Å². The summed E-state index contributed by atoms with van der Waals surface area (Å²) in [5.41, 5.74) is 2.19. The largest absolute Gasteiger partial charge is 0.507 e. The summed E-state index contributed by atoms with van der Waals surface area (Å²) >= 11 is 3.24. The van der Waals surface area contributed by atoms with Crippen molar-refractivity contribution in [3.63, 3.8) is 0 Å². The number of carbonyl (C=O) groups excluding carboxylic acids is 1. The fourth-order valence-electron chi connectivity index (χ4n) is 1.40. The van der Waals surface area contributed by atoms with Gasteiger partial charge in [-0.1, -0.05) is 0 Å². The standard InChI is InChI=1S/C9H7BrO3/c1-4-6-3-13-9(12)5(6)2-7(11)8(4)10/h2,11H,3H2,1H3. The average molecular weight is 243 g/mol. The molecule has 1 aliphatic heterocycles. The molecule has 0 saturated heterocycles. The first-order valence-corrected chi connectivity index (χ1v) is 4.58. The van der Waals surface area contributed by atoms with Crippen LogP contribution in [0.15, 0.2) is 10.5 Å². The molecule has 13 heavy (non-hydrogen) atoms. The summed E-state index contributed by atoms with van der Waals surface area (Å²) in [5.74, 6) is -0.281. The Labute approximate surface area is 83.5 Å². The smallest absolute Gasteiger partial charge is 0.339 e. The first-order valence-electron chi connectivity index (χ1n) is 3.79. The van der Waals surface area contributed by atoms with E-state index in [2.05, 4.69) is 15.9 Å². The summed E-state index contributed by atoms with van der Waals surface area (Å²) in [6, 6.07) is 1.43. The minimum Gasteiger partial charge on any atom is -0.507 e. The number of halogens is 1. The quantitative estimate of drug-likeness (QED) is 0.710. The number of esters is 1. The zero-order valence-corrected chi connectivity index (χ0v) is 8.51. The molecule has 1 aromatic carbocycles. The van der Waals surface area contributed by atoms with E-state index < -0.39 is 0 Å². The monoisotopic (exact) mass is 242 g/mol. The van der Waals surface area contributed by atoms with Gasteiger partial charge in [0, 0.05) is 5.56 Å². The minimum atomic E-state index is -0.360. The van der Waals surface area contributed by atoms with Crippen molar-refractivity contribution in [2.24, 2.45) is 0 Å². The molecule has 0 aliphatic carbocycles. The molecule has 0 saturated carbocycles. The normalized spacial score (nSPS) is 14.2. The molecule has 0 atom stereocenters. The highest BCUT2D eigenvalue weighted by atomic mass is 79.9. The first-order chi connectivity index (χ1) is 6.11. The van der Waals surface area contributed by atoms with Gasteiger partial charge in [0.2, 0.25) is 0 Å². The lowest BCUT2D eigenvalue weighted by molar-refractivity contribution is 0.0534. The predicted octanol–water partition coefficient (Wildman–Crippen LogP) is 2.13. The molecule has 0 bridgehead atoms. The molecule has 1 heterocycles. The zero-order valence-electron chi connectivity index (χ0n) is 6.93. The molecule has 1 N–H and O–H groups in total. The van der Waals surface area contributed by atoms with Gasteiger partial charge < -0.3 is 9.84 Å². The Morgan fingerprint density at radius 3 is 3.00 bits per heavy atom. The lowest BCUT2D eigenvalue weighted by Gasteiger charge is -2.04. The lowest BCUT2D eigenvalue weighted by atomic mass is 10.0. The topological polar surface area (TPSA) is 46.5 Å². The van der Waals surface area contributed by atoms with E-state index in [0.717, 1.165) is 11.1 Å². The fourth-order valence-corrected chi connectivity index (χ4v) is 1.75. The van der Waals surface area contributed by atoms with Crippen LogP contribution in [0, 0.1) is 6.92 Å². The number of phenols is 1. The van der Waals surface area contributed by atoms with Gasteiger partial charge in [-0.15, -0.1) is 0 Å². The van der Waals surface area contributed by atoms with Crippen LogP contribution in [0.3, 0.4) is 0 Å². The van der Waals surface area contributed by atoms with E-state index >= 15 is 0 Å². The highest BCUT2D eigenvalue weighted by molar-refractivity contribution is 9.10. The van der Waals surface area contributed by atoms with Crippen molar-refractivity contribution in [3.8, 4) is 5.75 Å². The second kappa shape index (κ2) is 2.73. The van der Waals surface area contributed by atoms with E-state index in [9.17, 15) is 9.90 Å². The van der Waals surface area contributed by atoms with Crippen LogP contribution in [0.2, 0.25) is 0 Å².